The van der Waals surface area contributed by atoms with Gasteiger partial charge in [-0.15, -0.1) is 0 Å². The molecule has 0 heterocycles. The molecule has 0 atom stereocenters. The summed E-state index contributed by atoms with van der Waals surface area (Å²) in [5.74, 6) is -1.40. The van der Waals surface area contributed by atoms with Gasteiger partial charge in [0.25, 0.3) is 0 Å². The maximum Gasteiger partial charge on any atom is 0.337 e. The van der Waals surface area contributed by atoms with Crippen molar-refractivity contribution in [3.63, 3.8) is 0 Å². The Balaban J connectivity index is 2.13. The molecule has 4 heteroatoms. The minimum absolute atomic E-state index is 0.144. The van der Waals surface area contributed by atoms with Crippen LogP contribution < -0.4 is 5.32 Å². The highest BCUT2D eigenvalue weighted by molar-refractivity contribution is 5.99. The number of anilines is 2. The molecule has 0 amide bonds. The summed E-state index contributed by atoms with van der Waals surface area (Å²) in [5.41, 5.74) is 1.12. The summed E-state index contributed by atoms with van der Waals surface area (Å²) < 4.78 is 13.7. The predicted octanol–water partition coefficient (Wildman–Crippen LogP) is 4.42. The number of carboxylic acid groups (broad SMARTS) is 1. The van der Waals surface area contributed by atoms with Crippen LogP contribution in [0.4, 0.5) is 15.8 Å². The van der Waals surface area contributed by atoms with E-state index in [9.17, 15) is 14.3 Å². The molecule has 0 aliphatic rings. The SMILES string of the molecule is O=C(O)c1ccccc1Nc1cc(F)cc2ccccc12. The third kappa shape index (κ3) is 2.56. The van der Waals surface area contributed by atoms with E-state index in [0.29, 0.717) is 11.4 Å². The van der Waals surface area contributed by atoms with Gasteiger partial charge in [0.2, 0.25) is 0 Å². The maximum atomic E-state index is 13.7. The fourth-order valence-electron chi connectivity index (χ4n) is 2.30. The summed E-state index contributed by atoms with van der Waals surface area (Å²) in [5, 5.41) is 13.8. The molecular formula is C17H12FNO2. The van der Waals surface area contributed by atoms with Gasteiger partial charge >= 0.3 is 5.97 Å². The van der Waals surface area contributed by atoms with Crippen molar-refractivity contribution in [1.29, 1.82) is 0 Å². The van der Waals surface area contributed by atoms with Crippen molar-refractivity contribution in [2.75, 3.05) is 5.32 Å². The zero-order chi connectivity index (χ0) is 14.8. The number of halogens is 1. The Kier molecular flexibility index (Phi) is 3.28. The molecule has 3 rings (SSSR count). The molecule has 0 spiro atoms. The third-order valence-corrected chi connectivity index (χ3v) is 3.25. The minimum atomic E-state index is -1.03. The van der Waals surface area contributed by atoms with E-state index in [0.717, 1.165) is 10.8 Å². The first-order chi connectivity index (χ1) is 10.1. The lowest BCUT2D eigenvalue weighted by Gasteiger charge is -2.12. The van der Waals surface area contributed by atoms with Crippen LogP contribution in [0.3, 0.4) is 0 Å². The summed E-state index contributed by atoms with van der Waals surface area (Å²) in [6.45, 7) is 0. The van der Waals surface area contributed by atoms with Gasteiger partial charge in [0, 0.05) is 11.1 Å². The van der Waals surface area contributed by atoms with Gasteiger partial charge < -0.3 is 10.4 Å². The van der Waals surface area contributed by atoms with Crippen molar-refractivity contribution in [3.05, 3.63) is 72.0 Å². The Morgan fingerprint density at radius 1 is 0.952 bits per heavy atom. The number of rotatable bonds is 3. The highest BCUT2D eigenvalue weighted by Crippen LogP contribution is 2.29. The lowest BCUT2D eigenvalue weighted by molar-refractivity contribution is 0.0698. The number of carbonyl (C=O) groups is 1. The zero-order valence-corrected chi connectivity index (χ0v) is 11.0. The first-order valence-corrected chi connectivity index (χ1v) is 6.43. The van der Waals surface area contributed by atoms with E-state index in [1.165, 1.54) is 18.2 Å². The zero-order valence-electron chi connectivity index (χ0n) is 11.0. The topological polar surface area (TPSA) is 49.3 Å². The molecule has 0 radical (unpaired) electrons. The van der Waals surface area contributed by atoms with Gasteiger partial charge in [0.05, 0.1) is 11.3 Å². The Labute approximate surface area is 120 Å². The number of hydrogen-bond donors (Lipinski definition) is 2. The van der Waals surface area contributed by atoms with Crippen molar-refractivity contribution in [1.82, 2.24) is 0 Å². The van der Waals surface area contributed by atoms with E-state index in [2.05, 4.69) is 5.32 Å². The Morgan fingerprint density at radius 2 is 1.67 bits per heavy atom. The lowest BCUT2D eigenvalue weighted by atomic mass is 10.1. The number of nitrogens with one attached hydrogen (secondary N) is 1. The maximum absolute atomic E-state index is 13.7. The molecule has 3 aromatic rings. The average molecular weight is 281 g/mol. The third-order valence-electron chi connectivity index (χ3n) is 3.25. The smallest absolute Gasteiger partial charge is 0.337 e. The van der Waals surface area contributed by atoms with Gasteiger partial charge in [-0.25, -0.2) is 9.18 Å². The quantitative estimate of drug-likeness (QED) is 0.747. The van der Waals surface area contributed by atoms with Crippen molar-refractivity contribution in [2.45, 2.75) is 0 Å². The second kappa shape index (κ2) is 5.25. The van der Waals surface area contributed by atoms with Crippen LogP contribution in [-0.2, 0) is 0 Å². The molecule has 0 aliphatic carbocycles. The minimum Gasteiger partial charge on any atom is -0.478 e. The highest BCUT2D eigenvalue weighted by atomic mass is 19.1. The Morgan fingerprint density at radius 3 is 2.48 bits per heavy atom. The largest absolute Gasteiger partial charge is 0.478 e. The van der Waals surface area contributed by atoms with E-state index in [1.54, 1.807) is 18.2 Å². The van der Waals surface area contributed by atoms with Crippen LogP contribution in [0.25, 0.3) is 10.8 Å². The molecule has 2 N–H and O–H groups in total. The Hall–Kier alpha value is -2.88. The normalized spacial score (nSPS) is 10.5. The summed E-state index contributed by atoms with van der Waals surface area (Å²) in [6.07, 6.45) is 0. The fourth-order valence-corrected chi connectivity index (χ4v) is 2.30. The molecule has 21 heavy (non-hydrogen) atoms. The number of benzene rings is 3. The highest BCUT2D eigenvalue weighted by Gasteiger charge is 2.11. The van der Waals surface area contributed by atoms with E-state index in [4.69, 9.17) is 0 Å². The first-order valence-electron chi connectivity index (χ1n) is 6.43. The molecule has 0 unspecified atom stereocenters. The molecule has 104 valence electrons. The van der Waals surface area contributed by atoms with E-state index < -0.39 is 5.97 Å². The predicted molar refractivity (Wildman–Crippen MR) is 80.6 cm³/mol. The second-order valence-corrected chi connectivity index (χ2v) is 4.65. The van der Waals surface area contributed by atoms with E-state index in [1.807, 2.05) is 24.3 Å². The van der Waals surface area contributed by atoms with Crippen LogP contribution in [0, 0.1) is 5.82 Å². The van der Waals surface area contributed by atoms with Crippen LogP contribution in [0.5, 0.6) is 0 Å². The molecule has 0 saturated carbocycles. The van der Waals surface area contributed by atoms with Crippen LogP contribution in [0.2, 0.25) is 0 Å². The molecule has 3 nitrogen and oxygen atoms in total. The molecule has 3 aromatic carbocycles. The standard InChI is InChI=1S/C17H12FNO2/c18-12-9-11-5-1-2-6-13(11)16(10-12)19-15-8-4-3-7-14(15)17(20)21/h1-10,19H,(H,20,21). The number of para-hydroxylation sites is 1. The van der Waals surface area contributed by atoms with E-state index >= 15 is 0 Å². The molecular weight excluding hydrogens is 269 g/mol. The van der Waals surface area contributed by atoms with Gasteiger partial charge in [-0.2, -0.15) is 0 Å². The van der Waals surface area contributed by atoms with Crippen molar-refractivity contribution >= 4 is 28.1 Å². The van der Waals surface area contributed by atoms with E-state index in [-0.39, 0.29) is 11.4 Å². The van der Waals surface area contributed by atoms with Gasteiger partial charge in [-0.1, -0.05) is 36.4 Å². The summed E-state index contributed by atoms with van der Waals surface area (Å²) >= 11 is 0. The molecule has 0 aromatic heterocycles. The lowest BCUT2D eigenvalue weighted by Crippen LogP contribution is -2.02. The van der Waals surface area contributed by atoms with Crippen molar-refractivity contribution < 1.29 is 14.3 Å². The first kappa shape index (κ1) is 13.1. The number of fused-ring (bicyclic) bond motifs is 1. The fraction of sp³-hybridized carbons (Fsp3) is 0. The van der Waals surface area contributed by atoms with Gasteiger partial charge in [0.1, 0.15) is 5.82 Å². The van der Waals surface area contributed by atoms with Gasteiger partial charge in [-0.05, 0) is 29.7 Å². The number of aromatic carboxylic acids is 1. The molecule has 0 aliphatic heterocycles. The van der Waals surface area contributed by atoms with Gasteiger partial charge in [0.15, 0.2) is 0 Å². The molecule has 0 bridgehead atoms. The number of hydrogen-bond acceptors (Lipinski definition) is 2. The molecule has 0 fully saturated rings. The second-order valence-electron chi connectivity index (χ2n) is 4.65. The van der Waals surface area contributed by atoms with Crippen LogP contribution >= 0.6 is 0 Å². The van der Waals surface area contributed by atoms with Crippen molar-refractivity contribution in [2.24, 2.45) is 0 Å². The monoisotopic (exact) mass is 281 g/mol. The Bertz CT molecular complexity index is 830. The summed E-state index contributed by atoms with van der Waals surface area (Å²) in [4.78, 5) is 11.2. The number of carboxylic acids is 1. The van der Waals surface area contributed by atoms with Crippen LogP contribution in [0.1, 0.15) is 10.4 Å². The van der Waals surface area contributed by atoms with Crippen molar-refractivity contribution in [3.8, 4) is 0 Å². The van der Waals surface area contributed by atoms with Gasteiger partial charge in [-0.3, -0.25) is 0 Å². The summed E-state index contributed by atoms with van der Waals surface area (Å²) in [6, 6.07) is 16.7. The molecule has 0 saturated heterocycles. The average Bonchev–Trinajstić information content (AvgIpc) is 2.47. The summed E-state index contributed by atoms with van der Waals surface area (Å²) in [7, 11) is 0. The van der Waals surface area contributed by atoms with Crippen LogP contribution in [-0.4, -0.2) is 11.1 Å². The van der Waals surface area contributed by atoms with Crippen LogP contribution in [0.15, 0.2) is 60.7 Å².